The number of benzene rings is 9. The molecule has 0 N–H and O–H groups in total. The SMILES string of the molecule is CC1(C)c2ccccc2-c2cc(N(c3ccc(-c4cccc5c4ccc4ccc6ccccc6c45)cc3)c3ccc4c(c3)sc3ccccc34)ccc21. The summed E-state index contributed by atoms with van der Waals surface area (Å²) in [6.45, 7) is 4.70. The van der Waals surface area contributed by atoms with Crippen molar-refractivity contribution in [2.75, 3.05) is 4.90 Å². The summed E-state index contributed by atoms with van der Waals surface area (Å²) in [4.78, 5) is 2.44. The number of fused-ring (bicyclic) bond motifs is 11. The van der Waals surface area contributed by atoms with Crippen molar-refractivity contribution in [1.82, 2.24) is 0 Å². The van der Waals surface area contributed by atoms with Gasteiger partial charge in [0.15, 0.2) is 0 Å². The van der Waals surface area contributed by atoms with Crippen LogP contribution in [-0.2, 0) is 5.41 Å². The fourth-order valence-corrected chi connectivity index (χ4v) is 10.2. The van der Waals surface area contributed by atoms with Crippen LogP contribution in [0.4, 0.5) is 17.1 Å². The largest absolute Gasteiger partial charge is 0.310 e. The molecule has 250 valence electrons. The van der Waals surface area contributed by atoms with Crippen LogP contribution in [-0.4, -0.2) is 0 Å². The summed E-state index contributed by atoms with van der Waals surface area (Å²) in [6.07, 6.45) is 0. The second-order valence-electron chi connectivity index (χ2n) is 14.9. The molecular formula is C51H35NS. The highest BCUT2D eigenvalue weighted by Crippen LogP contribution is 2.51. The number of hydrogen-bond donors (Lipinski definition) is 0. The van der Waals surface area contributed by atoms with E-state index in [1.165, 1.54) is 85.9 Å². The Hall–Kier alpha value is -6.22. The molecule has 0 saturated heterocycles. The van der Waals surface area contributed by atoms with E-state index in [0.29, 0.717) is 0 Å². The van der Waals surface area contributed by atoms with Gasteiger partial charge in [-0.25, -0.2) is 0 Å². The van der Waals surface area contributed by atoms with Crippen LogP contribution in [0.5, 0.6) is 0 Å². The lowest BCUT2D eigenvalue weighted by Gasteiger charge is -2.27. The molecule has 10 aromatic rings. The minimum atomic E-state index is -0.0387. The lowest BCUT2D eigenvalue weighted by Crippen LogP contribution is -2.15. The van der Waals surface area contributed by atoms with Crippen molar-refractivity contribution < 1.29 is 0 Å². The maximum absolute atomic E-state index is 2.44. The summed E-state index contributed by atoms with van der Waals surface area (Å²) in [5.41, 5.74) is 11.3. The van der Waals surface area contributed by atoms with Crippen LogP contribution in [0.2, 0.25) is 0 Å². The van der Waals surface area contributed by atoms with E-state index >= 15 is 0 Å². The minimum absolute atomic E-state index is 0.0387. The van der Waals surface area contributed by atoms with E-state index in [9.17, 15) is 0 Å². The molecule has 0 fully saturated rings. The molecular weight excluding hydrogens is 659 g/mol. The van der Waals surface area contributed by atoms with E-state index in [2.05, 4.69) is 195 Å². The first-order valence-electron chi connectivity index (χ1n) is 18.4. The van der Waals surface area contributed by atoms with Crippen molar-refractivity contribution in [2.45, 2.75) is 19.3 Å². The molecule has 0 aliphatic heterocycles. The van der Waals surface area contributed by atoms with Crippen molar-refractivity contribution in [3.05, 3.63) is 187 Å². The van der Waals surface area contributed by atoms with Crippen molar-refractivity contribution in [2.24, 2.45) is 0 Å². The second kappa shape index (κ2) is 11.4. The van der Waals surface area contributed by atoms with Gasteiger partial charge in [-0.2, -0.15) is 0 Å². The van der Waals surface area contributed by atoms with E-state index in [0.717, 1.165) is 17.1 Å². The Labute approximate surface area is 313 Å². The summed E-state index contributed by atoms with van der Waals surface area (Å²) in [7, 11) is 0. The molecule has 0 amide bonds. The summed E-state index contributed by atoms with van der Waals surface area (Å²) >= 11 is 1.87. The molecule has 1 nitrogen and oxygen atoms in total. The van der Waals surface area contributed by atoms with Crippen LogP contribution < -0.4 is 4.90 Å². The molecule has 1 aliphatic rings. The molecule has 0 bridgehead atoms. The number of nitrogens with zero attached hydrogens (tertiary/aromatic N) is 1. The van der Waals surface area contributed by atoms with Gasteiger partial charge in [0, 0.05) is 42.6 Å². The molecule has 1 heterocycles. The molecule has 2 heteroatoms. The molecule has 0 atom stereocenters. The van der Waals surface area contributed by atoms with Gasteiger partial charge in [-0.15, -0.1) is 11.3 Å². The van der Waals surface area contributed by atoms with Crippen molar-refractivity contribution in [3.8, 4) is 22.3 Å². The average molecular weight is 694 g/mol. The average Bonchev–Trinajstić information content (AvgIpc) is 3.69. The van der Waals surface area contributed by atoms with Gasteiger partial charge in [0.05, 0.1) is 0 Å². The molecule has 0 unspecified atom stereocenters. The first-order valence-corrected chi connectivity index (χ1v) is 19.2. The van der Waals surface area contributed by atoms with Crippen LogP contribution in [0.3, 0.4) is 0 Å². The van der Waals surface area contributed by atoms with Crippen molar-refractivity contribution in [3.63, 3.8) is 0 Å². The fraction of sp³-hybridized carbons (Fsp3) is 0.0588. The van der Waals surface area contributed by atoms with Gasteiger partial charge >= 0.3 is 0 Å². The Morgan fingerprint density at radius 2 is 1.02 bits per heavy atom. The van der Waals surface area contributed by atoms with Crippen LogP contribution >= 0.6 is 11.3 Å². The second-order valence-corrected chi connectivity index (χ2v) is 16.0. The molecule has 1 aromatic heterocycles. The molecule has 0 saturated carbocycles. The van der Waals surface area contributed by atoms with E-state index in [4.69, 9.17) is 0 Å². The summed E-state index contributed by atoms with van der Waals surface area (Å²) in [5.74, 6) is 0. The Balaban J connectivity index is 1.07. The first kappa shape index (κ1) is 30.4. The Morgan fingerprint density at radius 1 is 0.396 bits per heavy atom. The van der Waals surface area contributed by atoms with E-state index < -0.39 is 0 Å². The molecule has 53 heavy (non-hydrogen) atoms. The lowest BCUT2D eigenvalue weighted by molar-refractivity contribution is 0.660. The van der Waals surface area contributed by atoms with Crippen LogP contribution in [0.1, 0.15) is 25.0 Å². The van der Waals surface area contributed by atoms with Gasteiger partial charge in [-0.3, -0.25) is 0 Å². The molecule has 11 rings (SSSR count). The third-order valence-electron chi connectivity index (χ3n) is 11.6. The lowest BCUT2D eigenvalue weighted by atomic mass is 9.82. The number of thiophene rings is 1. The molecule has 0 spiro atoms. The third kappa shape index (κ3) is 4.56. The Morgan fingerprint density at radius 3 is 1.92 bits per heavy atom. The molecule has 9 aromatic carbocycles. The predicted octanol–water partition coefficient (Wildman–Crippen LogP) is 15.0. The standard InChI is InChI=1S/C51H35NS/c1-51(2)46-16-7-5-12-41(46)45-30-36(26-29-47(45)51)52(37-25-28-43-42-13-6-8-17-48(42)53-49(43)31-37)35-23-20-33(21-24-35)38-14-9-15-44-40(38)27-22-34-19-18-32-10-3-4-11-39(32)50(34)44/h3-31H,1-2H3. The molecule has 1 aliphatic carbocycles. The van der Waals surface area contributed by atoms with Crippen molar-refractivity contribution in [1.29, 1.82) is 0 Å². The summed E-state index contributed by atoms with van der Waals surface area (Å²) in [5, 5.41) is 10.4. The summed E-state index contributed by atoms with van der Waals surface area (Å²) < 4.78 is 2.62. The van der Waals surface area contributed by atoms with E-state index in [1.807, 2.05) is 11.3 Å². The monoisotopic (exact) mass is 693 g/mol. The van der Waals surface area contributed by atoms with E-state index in [-0.39, 0.29) is 5.41 Å². The van der Waals surface area contributed by atoms with Crippen LogP contribution in [0.15, 0.2) is 176 Å². The Kier molecular flexibility index (Phi) is 6.53. The number of rotatable bonds is 4. The van der Waals surface area contributed by atoms with Gasteiger partial charge in [0.1, 0.15) is 0 Å². The minimum Gasteiger partial charge on any atom is -0.310 e. The first-order chi connectivity index (χ1) is 26.0. The van der Waals surface area contributed by atoms with Gasteiger partial charge in [0.25, 0.3) is 0 Å². The van der Waals surface area contributed by atoms with Gasteiger partial charge < -0.3 is 4.90 Å². The quantitative estimate of drug-likeness (QED) is 0.166. The Bertz CT molecular complexity index is 3090. The highest BCUT2D eigenvalue weighted by atomic mass is 32.1. The van der Waals surface area contributed by atoms with Gasteiger partial charge in [0.2, 0.25) is 0 Å². The normalized spacial score (nSPS) is 13.2. The highest BCUT2D eigenvalue weighted by molar-refractivity contribution is 7.25. The third-order valence-corrected chi connectivity index (χ3v) is 12.8. The zero-order valence-electron chi connectivity index (χ0n) is 29.6. The fourth-order valence-electron chi connectivity index (χ4n) is 9.05. The zero-order valence-corrected chi connectivity index (χ0v) is 30.4. The van der Waals surface area contributed by atoms with Crippen LogP contribution in [0, 0.1) is 0 Å². The topological polar surface area (TPSA) is 3.24 Å². The van der Waals surface area contributed by atoms with E-state index in [1.54, 1.807) is 0 Å². The van der Waals surface area contributed by atoms with Gasteiger partial charge in [-0.1, -0.05) is 147 Å². The number of hydrogen-bond acceptors (Lipinski definition) is 2. The highest BCUT2D eigenvalue weighted by Gasteiger charge is 2.35. The van der Waals surface area contributed by atoms with Gasteiger partial charge in [-0.05, 0) is 108 Å². The maximum Gasteiger partial charge on any atom is 0.0476 e. The van der Waals surface area contributed by atoms with Crippen molar-refractivity contribution >= 4 is 80.9 Å². The smallest absolute Gasteiger partial charge is 0.0476 e. The van der Waals surface area contributed by atoms with Crippen LogP contribution in [0.25, 0.3) is 74.7 Å². The molecule has 0 radical (unpaired) electrons. The predicted molar refractivity (Wildman–Crippen MR) is 230 cm³/mol. The zero-order chi connectivity index (χ0) is 35.3. The number of anilines is 3. The summed E-state index contributed by atoms with van der Waals surface area (Å²) in [6, 6.07) is 65.4. The maximum atomic E-state index is 2.44.